The van der Waals surface area contributed by atoms with Crippen LogP contribution in [0.3, 0.4) is 0 Å². The number of carbonyl (C=O) groups is 1. The lowest BCUT2D eigenvalue weighted by molar-refractivity contribution is 0.0967. The van der Waals surface area contributed by atoms with E-state index in [4.69, 9.17) is 9.47 Å². The van der Waals surface area contributed by atoms with Gasteiger partial charge in [0.25, 0.3) is 5.56 Å². The van der Waals surface area contributed by atoms with Gasteiger partial charge in [0.1, 0.15) is 16.3 Å². The maximum absolute atomic E-state index is 13.3. The molecule has 4 rings (SSSR count). The summed E-state index contributed by atoms with van der Waals surface area (Å²) in [5, 5.41) is 0.529. The fourth-order valence-corrected chi connectivity index (χ4v) is 4.75. The molecular weight excluding hydrogens is 480 g/mol. The van der Waals surface area contributed by atoms with Gasteiger partial charge in [-0.15, -0.1) is 11.3 Å². The van der Waals surface area contributed by atoms with Crippen LogP contribution in [-0.2, 0) is 6.54 Å². The predicted molar refractivity (Wildman–Crippen MR) is 126 cm³/mol. The third-order valence-electron chi connectivity index (χ3n) is 5.01. The maximum atomic E-state index is 13.3. The lowest BCUT2D eigenvalue weighted by Gasteiger charge is -2.11. The van der Waals surface area contributed by atoms with Gasteiger partial charge in [-0.25, -0.2) is 4.98 Å². The van der Waals surface area contributed by atoms with Crippen molar-refractivity contribution in [2.45, 2.75) is 13.5 Å². The molecule has 0 radical (unpaired) electrons. The van der Waals surface area contributed by atoms with Crippen molar-refractivity contribution in [2.24, 2.45) is 0 Å². The lowest BCUT2D eigenvalue weighted by atomic mass is 10.0. The first-order chi connectivity index (χ1) is 14.9. The van der Waals surface area contributed by atoms with Crippen molar-refractivity contribution in [3.05, 3.63) is 74.1 Å². The molecule has 2 aromatic heterocycles. The van der Waals surface area contributed by atoms with Gasteiger partial charge in [0.15, 0.2) is 5.78 Å². The van der Waals surface area contributed by atoms with E-state index in [-0.39, 0.29) is 17.9 Å². The van der Waals surface area contributed by atoms with Gasteiger partial charge in [0.2, 0.25) is 0 Å². The summed E-state index contributed by atoms with van der Waals surface area (Å²) in [5.41, 5.74) is 1.93. The summed E-state index contributed by atoms with van der Waals surface area (Å²) in [4.78, 5) is 32.4. The van der Waals surface area contributed by atoms with E-state index >= 15 is 0 Å². The van der Waals surface area contributed by atoms with Crippen LogP contribution >= 0.6 is 27.3 Å². The van der Waals surface area contributed by atoms with E-state index in [0.717, 1.165) is 20.5 Å². The molecule has 0 saturated heterocycles. The first-order valence-corrected chi connectivity index (χ1v) is 11.0. The fraction of sp³-hybridized carbons (Fsp3) is 0.174. The smallest absolute Gasteiger partial charge is 0.263 e. The Kier molecular flexibility index (Phi) is 5.93. The average Bonchev–Trinajstić information content (AvgIpc) is 3.12. The Morgan fingerprint density at radius 2 is 1.87 bits per heavy atom. The SMILES string of the molecule is COc1ccc(C(=O)Cn2cnc3sc(C)c(-c4ccc(Br)cc4)c3c2=O)c(OC)c1. The Morgan fingerprint density at radius 1 is 1.13 bits per heavy atom. The molecule has 0 saturated carbocycles. The molecule has 0 aliphatic heterocycles. The number of halogens is 1. The summed E-state index contributed by atoms with van der Waals surface area (Å²) in [7, 11) is 3.03. The number of aryl methyl sites for hydroxylation is 1. The van der Waals surface area contributed by atoms with Gasteiger partial charge in [0.05, 0.1) is 38.0 Å². The van der Waals surface area contributed by atoms with E-state index in [1.165, 1.54) is 29.3 Å². The molecule has 4 aromatic rings. The summed E-state index contributed by atoms with van der Waals surface area (Å²) < 4.78 is 12.8. The minimum atomic E-state index is -0.250. The van der Waals surface area contributed by atoms with E-state index in [1.807, 2.05) is 31.2 Å². The van der Waals surface area contributed by atoms with Crippen molar-refractivity contribution in [3.8, 4) is 22.6 Å². The molecule has 0 unspecified atom stereocenters. The van der Waals surface area contributed by atoms with Gasteiger partial charge in [0, 0.05) is 21.0 Å². The molecule has 0 aliphatic rings. The Morgan fingerprint density at radius 3 is 2.55 bits per heavy atom. The molecule has 0 N–H and O–H groups in total. The molecule has 0 spiro atoms. The minimum Gasteiger partial charge on any atom is -0.497 e. The van der Waals surface area contributed by atoms with Gasteiger partial charge in [-0.1, -0.05) is 28.1 Å². The number of aromatic nitrogens is 2. The van der Waals surface area contributed by atoms with Crippen LogP contribution in [0.1, 0.15) is 15.2 Å². The Hall–Kier alpha value is -2.97. The number of fused-ring (bicyclic) bond motifs is 1. The highest BCUT2D eigenvalue weighted by Crippen LogP contribution is 2.36. The lowest BCUT2D eigenvalue weighted by Crippen LogP contribution is -2.24. The van der Waals surface area contributed by atoms with Gasteiger partial charge >= 0.3 is 0 Å². The van der Waals surface area contributed by atoms with Crippen molar-refractivity contribution >= 4 is 43.3 Å². The molecule has 31 heavy (non-hydrogen) atoms. The molecule has 6 nitrogen and oxygen atoms in total. The molecule has 0 fully saturated rings. The van der Waals surface area contributed by atoms with Crippen molar-refractivity contribution in [1.29, 1.82) is 0 Å². The number of rotatable bonds is 6. The van der Waals surface area contributed by atoms with Crippen LogP contribution in [-0.4, -0.2) is 29.6 Å². The zero-order chi connectivity index (χ0) is 22.1. The van der Waals surface area contributed by atoms with E-state index in [1.54, 1.807) is 25.3 Å². The van der Waals surface area contributed by atoms with Crippen LogP contribution in [0.5, 0.6) is 11.5 Å². The number of hydrogen-bond donors (Lipinski definition) is 0. The largest absolute Gasteiger partial charge is 0.497 e. The van der Waals surface area contributed by atoms with Crippen LogP contribution in [0.2, 0.25) is 0 Å². The van der Waals surface area contributed by atoms with E-state index in [0.29, 0.717) is 27.3 Å². The number of benzene rings is 2. The number of ether oxygens (including phenoxy) is 2. The van der Waals surface area contributed by atoms with Gasteiger partial charge < -0.3 is 9.47 Å². The van der Waals surface area contributed by atoms with Crippen molar-refractivity contribution in [2.75, 3.05) is 14.2 Å². The number of carbonyl (C=O) groups excluding carboxylic acids is 1. The van der Waals surface area contributed by atoms with E-state index in [9.17, 15) is 9.59 Å². The predicted octanol–water partition coefficient (Wildman–Crippen LogP) is 5.10. The Labute approximate surface area is 191 Å². The molecule has 0 amide bonds. The Bertz CT molecular complexity index is 1340. The molecule has 0 atom stereocenters. The molecule has 0 aliphatic carbocycles. The molecule has 2 aromatic carbocycles. The highest BCUT2D eigenvalue weighted by atomic mass is 79.9. The number of thiophene rings is 1. The van der Waals surface area contributed by atoms with Crippen LogP contribution in [0.4, 0.5) is 0 Å². The highest BCUT2D eigenvalue weighted by molar-refractivity contribution is 9.10. The standard InChI is InChI=1S/C23H19BrN2O4S/c1-13-20(14-4-6-15(24)7-5-14)21-22(31-13)25-12-26(23(21)28)11-18(27)17-9-8-16(29-2)10-19(17)30-3/h4-10,12H,11H2,1-3H3. The van der Waals surface area contributed by atoms with Crippen LogP contribution in [0.15, 0.2) is 58.1 Å². The average molecular weight is 499 g/mol. The number of hydrogen-bond acceptors (Lipinski definition) is 6. The molecule has 158 valence electrons. The second-order valence-corrected chi connectivity index (χ2v) is 9.01. The van der Waals surface area contributed by atoms with Crippen molar-refractivity contribution < 1.29 is 14.3 Å². The van der Waals surface area contributed by atoms with Gasteiger partial charge in [-0.2, -0.15) is 0 Å². The molecule has 0 bridgehead atoms. The second kappa shape index (κ2) is 8.64. The quantitative estimate of drug-likeness (QED) is 0.346. The second-order valence-electron chi connectivity index (χ2n) is 6.89. The Balaban J connectivity index is 1.77. The summed E-state index contributed by atoms with van der Waals surface area (Å²) in [6.45, 7) is 1.83. The highest BCUT2D eigenvalue weighted by Gasteiger charge is 2.19. The number of ketones is 1. The summed E-state index contributed by atoms with van der Waals surface area (Å²) in [6.07, 6.45) is 1.43. The van der Waals surface area contributed by atoms with Crippen LogP contribution < -0.4 is 15.0 Å². The minimum absolute atomic E-state index is 0.140. The topological polar surface area (TPSA) is 70.4 Å². The van der Waals surface area contributed by atoms with Gasteiger partial charge in [-0.05, 0) is 36.8 Å². The van der Waals surface area contributed by atoms with E-state index in [2.05, 4.69) is 20.9 Å². The fourth-order valence-electron chi connectivity index (χ4n) is 3.48. The van der Waals surface area contributed by atoms with Crippen LogP contribution in [0, 0.1) is 6.92 Å². The van der Waals surface area contributed by atoms with Crippen LogP contribution in [0.25, 0.3) is 21.3 Å². The first-order valence-electron chi connectivity index (χ1n) is 9.42. The first kappa shape index (κ1) is 21.3. The summed E-state index contributed by atoms with van der Waals surface area (Å²) >= 11 is 4.91. The number of nitrogens with zero attached hydrogens (tertiary/aromatic N) is 2. The normalized spacial score (nSPS) is 11.0. The van der Waals surface area contributed by atoms with Crippen molar-refractivity contribution in [3.63, 3.8) is 0 Å². The zero-order valence-corrected chi connectivity index (χ0v) is 19.5. The third-order valence-corrected chi connectivity index (χ3v) is 6.55. The molecular formula is C23H19BrN2O4S. The third kappa shape index (κ3) is 4.00. The maximum Gasteiger partial charge on any atom is 0.263 e. The number of Topliss-reactive ketones (excluding diaryl/α,β-unsaturated/α-hetero) is 1. The molecule has 2 heterocycles. The zero-order valence-electron chi connectivity index (χ0n) is 17.1. The van der Waals surface area contributed by atoms with Crippen molar-refractivity contribution in [1.82, 2.24) is 9.55 Å². The summed E-state index contributed by atoms with van der Waals surface area (Å²) in [6, 6.07) is 12.8. The summed E-state index contributed by atoms with van der Waals surface area (Å²) in [5.74, 6) is 0.731. The van der Waals surface area contributed by atoms with E-state index < -0.39 is 0 Å². The monoisotopic (exact) mass is 498 g/mol. The number of methoxy groups -OCH3 is 2. The molecule has 8 heteroatoms. The van der Waals surface area contributed by atoms with Gasteiger partial charge in [-0.3, -0.25) is 14.2 Å².